The number of nitrogens with zero attached hydrogens (tertiary/aromatic N) is 1. The van der Waals surface area contributed by atoms with Crippen LogP contribution in [0, 0.1) is 0 Å². The first-order valence-corrected chi connectivity index (χ1v) is 8.08. The zero-order valence-corrected chi connectivity index (χ0v) is 14.8. The summed E-state index contributed by atoms with van der Waals surface area (Å²) in [5.74, 6) is -0.688. The molecule has 0 unspecified atom stereocenters. The second-order valence-electron chi connectivity index (χ2n) is 6.55. The summed E-state index contributed by atoms with van der Waals surface area (Å²) in [4.78, 5) is 37.8. The Kier molecular flexibility index (Phi) is 4.65. The molecule has 0 aliphatic carbocycles. The molecule has 1 aliphatic heterocycles. The van der Waals surface area contributed by atoms with Gasteiger partial charge in [-0.25, -0.2) is 4.79 Å². The lowest BCUT2D eigenvalue weighted by Crippen LogP contribution is -2.50. The fourth-order valence-electron chi connectivity index (χ4n) is 2.87. The number of amides is 2. The van der Waals surface area contributed by atoms with Gasteiger partial charge in [0.1, 0.15) is 12.4 Å². The quantitative estimate of drug-likeness (QED) is 0.584. The molecule has 7 heteroatoms. The fraction of sp³-hybridized carbons (Fsp3) is 0.316. The van der Waals surface area contributed by atoms with Crippen molar-refractivity contribution < 1.29 is 28.3 Å². The molecule has 0 N–H and O–H groups in total. The third kappa shape index (κ3) is 3.13. The van der Waals surface area contributed by atoms with Gasteiger partial charge in [-0.2, -0.15) is 0 Å². The first-order valence-electron chi connectivity index (χ1n) is 8.08. The molecule has 3 rings (SSSR count). The molecule has 0 bridgehead atoms. The maximum Gasteiger partial charge on any atom is 0.373 e. The summed E-state index contributed by atoms with van der Waals surface area (Å²) in [6.07, 6.45) is 0. The second-order valence-corrected chi connectivity index (χ2v) is 6.55. The molecular formula is C19H19NO6. The summed E-state index contributed by atoms with van der Waals surface area (Å²) in [6.45, 7) is 3.74. The molecule has 2 aromatic rings. The van der Waals surface area contributed by atoms with Crippen LogP contribution in [-0.4, -0.2) is 41.9 Å². The Hall–Kier alpha value is -2.93. The molecule has 1 aromatic heterocycles. The lowest BCUT2D eigenvalue weighted by Gasteiger charge is -2.33. The van der Waals surface area contributed by atoms with Crippen molar-refractivity contribution >= 4 is 17.8 Å². The van der Waals surface area contributed by atoms with Crippen molar-refractivity contribution in [3.63, 3.8) is 0 Å². The van der Waals surface area contributed by atoms with Crippen LogP contribution in [0.4, 0.5) is 0 Å². The predicted molar refractivity (Wildman–Crippen MR) is 90.7 cm³/mol. The molecule has 2 heterocycles. The largest absolute Gasteiger partial charge is 0.463 e. The van der Waals surface area contributed by atoms with Crippen molar-refractivity contribution in [2.75, 3.05) is 13.7 Å². The van der Waals surface area contributed by atoms with E-state index in [1.165, 1.54) is 18.1 Å². The SMILES string of the molecule is COC(=O)c1ccc(COCC(C)(C)N2C(=O)c3ccccc3C2=O)o1. The van der Waals surface area contributed by atoms with Gasteiger partial charge in [0.25, 0.3) is 11.8 Å². The molecule has 0 spiro atoms. The van der Waals surface area contributed by atoms with E-state index in [0.29, 0.717) is 16.9 Å². The van der Waals surface area contributed by atoms with Crippen LogP contribution in [0.5, 0.6) is 0 Å². The van der Waals surface area contributed by atoms with E-state index in [2.05, 4.69) is 4.74 Å². The van der Waals surface area contributed by atoms with E-state index in [1.54, 1.807) is 44.2 Å². The van der Waals surface area contributed by atoms with Gasteiger partial charge in [-0.15, -0.1) is 0 Å². The molecule has 1 aromatic carbocycles. The Morgan fingerprint density at radius 3 is 2.27 bits per heavy atom. The van der Waals surface area contributed by atoms with Gasteiger partial charge in [0.15, 0.2) is 0 Å². The van der Waals surface area contributed by atoms with E-state index in [-0.39, 0.29) is 30.8 Å². The summed E-state index contributed by atoms with van der Waals surface area (Å²) in [5, 5.41) is 0. The minimum atomic E-state index is -0.842. The summed E-state index contributed by atoms with van der Waals surface area (Å²) in [7, 11) is 1.27. The number of imide groups is 1. The molecule has 0 saturated carbocycles. The van der Waals surface area contributed by atoms with E-state index in [9.17, 15) is 14.4 Å². The number of esters is 1. The highest BCUT2D eigenvalue weighted by Crippen LogP contribution is 2.29. The number of hydrogen-bond acceptors (Lipinski definition) is 6. The molecule has 2 amide bonds. The summed E-state index contributed by atoms with van der Waals surface area (Å²) < 4.78 is 15.5. The first-order chi connectivity index (χ1) is 12.3. The van der Waals surface area contributed by atoms with Gasteiger partial charge in [-0.1, -0.05) is 12.1 Å². The third-order valence-corrected chi connectivity index (χ3v) is 4.15. The van der Waals surface area contributed by atoms with Crippen molar-refractivity contribution in [2.45, 2.75) is 26.0 Å². The van der Waals surface area contributed by atoms with Gasteiger partial charge in [-0.05, 0) is 38.1 Å². The van der Waals surface area contributed by atoms with Crippen LogP contribution in [0.25, 0.3) is 0 Å². The third-order valence-electron chi connectivity index (χ3n) is 4.15. The van der Waals surface area contributed by atoms with E-state index < -0.39 is 11.5 Å². The topological polar surface area (TPSA) is 86.0 Å². The van der Waals surface area contributed by atoms with Crippen LogP contribution in [0.15, 0.2) is 40.8 Å². The molecule has 0 atom stereocenters. The first kappa shape index (κ1) is 17.9. The summed E-state index contributed by atoms with van der Waals surface area (Å²) in [5.41, 5.74) is -0.0380. The molecule has 0 radical (unpaired) electrons. The number of rotatable bonds is 6. The van der Waals surface area contributed by atoms with Crippen molar-refractivity contribution in [3.05, 3.63) is 59.0 Å². The van der Waals surface area contributed by atoms with Crippen molar-refractivity contribution in [1.29, 1.82) is 0 Å². The zero-order chi connectivity index (χ0) is 18.9. The fourth-order valence-corrected chi connectivity index (χ4v) is 2.87. The number of carbonyl (C=O) groups excluding carboxylic acids is 3. The highest BCUT2D eigenvalue weighted by molar-refractivity contribution is 6.21. The minimum Gasteiger partial charge on any atom is -0.463 e. The van der Waals surface area contributed by atoms with Crippen LogP contribution in [0.2, 0.25) is 0 Å². The van der Waals surface area contributed by atoms with Gasteiger partial charge >= 0.3 is 5.97 Å². The van der Waals surface area contributed by atoms with Gasteiger partial charge in [0, 0.05) is 0 Å². The lowest BCUT2D eigenvalue weighted by molar-refractivity contribution is 0.00789. The van der Waals surface area contributed by atoms with Crippen LogP contribution in [0.1, 0.15) is 50.9 Å². The standard InChI is InChI=1S/C19H19NO6/c1-19(2,11-25-10-12-8-9-15(26-12)18(23)24-3)20-16(21)13-6-4-5-7-14(13)17(20)22/h4-9H,10-11H2,1-3H3. The summed E-state index contributed by atoms with van der Waals surface area (Å²) >= 11 is 0. The van der Waals surface area contributed by atoms with Crippen molar-refractivity contribution in [2.24, 2.45) is 0 Å². The zero-order valence-electron chi connectivity index (χ0n) is 14.8. The maximum atomic E-state index is 12.6. The van der Waals surface area contributed by atoms with E-state index >= 15 is 0 Å². The van der Waals surface area contributed by atoms with Gasteiger partial charge < -0.3 is 13.9 Å². The smallest absolute Gasteiger partial charge is 0.373 e. The molecule has 26 heavy (non-hydrogen) atoms. The van der Waals surface area contributed by atoms with Crippen LogP contribution < -0.4 is 0 Å². The Balaban J connectivity index is 1.65. The number of benzene rings is 1. The van der Waals surface area contributed by atoms with Gasteiger partial charge in [0.2, 0.25) is 5.76 Å². The molecule has 136 valence electrons. The maximum absolute atomic E-state index is 12.6. The Bertz CT molecular complexity index is 831. The molecule has 0 saturated heterocycles. The normalized spacial score (nSPS) is 13.9. The molecular weight excluding hydrogens is 338 g/mol. The number of fused-ring (bicyclic) bond motifs is 1. The van der Waals surface area contributed by atoms with Crippen molar-refractivity contribution in [1.82, 2.24) is 4.90 Å². The summed E-state index contributed by atoms with van der Waals surface area (Å²) in [6, 6.07) is 9.86. The number of hydrogen-bond donors (Lipinski definition) is 0. The van der Waals surface area contributed by atoms with Crippen LogP contribution in [0.3, 0.4) is 0 Å². The Morgan fingerprint density at radius 1 is 1.08 bits per heavy atom. The Morgan fingerprint density at radius 2 is 1.69 bits per heavy atom. The van der Waals surface area contributed by atoms with E-state index in [0.717, 1.165) is 0 Å². The van der Waals surface area contributed by atoms with E-state index in [1.807, 2.05) is 0 Å². The highest BCUT2D eigenvalue weighted by Gasteiger charge is 2.44. The van der Waals surface area contributed by atoms with Gasteiger partial charge in [0.05, 0.1) is 30.4 Å². The molecule has 7 nitrogen and oxygen atoms in total. The van der Waals surface area contributed by atoms with E-state index in [4.69, 9.17) is 9.15 Å². The monoisotopic (exact) mass is 357 g/mol. The number of carbonyl (C=O) groups is 3. The molecule has 0 fully saturated rings. The average Bonchev–Trinajstić information content (AvgIpc) is 3.18. The second kappa shape index (κ2) is 6.76. The van der Waals surface area contributed by atoms with Crippen molar-refractivity contribution in [3.8, 4) is 0 Å². The number of methoxy groups -OCH3 is 1. The lowest BCUT2D eigenvalue weighted by atomic mass is 10.0. The number of ether oxygens (including phenoxy) is 2. The van der Waals surface area contributed by atoms with Gasteiger partial charge in [-0.3, -0.25) is 14.5 Å². The van der Waals surface area contributed by atoms with Crippen LogP contribution in [-0.2, 0) is 16.1 Å². The predicted octanol–water partition coefficient (Wildman–Crippen LogP) is 2.66. The number of furan rings is 1. The molecule has 1 aliphatic rings. The highest BCUT2D eigenvalue weighted by atomic mass is 16.5. The Labute approximate surface area is 150 Å². The average molecular weight is 357 g/mol. The van der Waals surface area contributed by atoms with Crippen LogP contribution >= 0.6 is 0 Å². The minimum absolute atomic E-state index is 0.0886.